The van der Waals surface area contributed by atoms with Crippen molar-refractivity contribution in [1.29, 1.82) is 0 Å². The third kappa shape index (κ3) is 5.90. The minimum absolute atomic E-state index is 0.178. The molecule has 0 amide bonds. The second-order valence-electron chi connectivity index (χ2n) is 7.07. The van der Waals surface area contributed by atoms with E-state index in [0.29, 0.717) is 5.41 Å². The average Bonchev–Trinajstić information content (AvgIpc) is 2.29. The Hall–Kier alpha value is -0.700. The van der Waals surface area contributed by atoms with Crippen molar-refractivity contribution in [3.63, 3.8) is 0 Å². The SMILES string of the molecule is C=C(C/C(C)=C(/C(=C)Br)N1CCC(C)(C)CC1)OC(C)C. The smallest absolute Gasteiger partial charge is 0.0933 e. The van der Waals surface area contributed by atoms with E-state index in [9.17, 15) is 0 Å². The van der Waals surface area contributed by atoms with Gasteiger partial charge in [-0.2, -0.15) is 0 Å². The molecule has 0 unspecified atom stereocenters. The lowest BCUT2D eigenvalue weighted by atomic mass is 9.82. The molecule has 0 atom stereocenters. The molecule has 1 heterocycles. The van der Waals surface area contributed by atoms with Gasteiger partial charge in [-0.15, -0.1) is 0 Å². The van der Waals surface area contributed by atoms with Crippen LogP contribution < -0.4 is 0 Å². The predicted molar refractivity (Wildman–Crippen MR) is 95.3 cm³/mol. The molecule has 2 nitrogen and oxygen atoms in total. The molecule has 0 N–H and O–H groups in total. The quantitative estimate of drug-likeness (QED) is 0.452. The van der Waals surface area contributed by atoms with E-state index in [1.165, 1.54) is 24.1 Å². The fourth-order valence-corrected chi connectivity index (χ4v) is 3.35. The zero-order valence-corrected chi connectivity index (χ0v) is 15.8. The van der Waals surface area contributed by atoms with Gasteiger partial charge < -0.3 is 9.64 Å². The van der Waals surface area contributed by atoms with Crippen LogP contribution in [-0.4, -0.2) is 24.1 Å². The van der Waals surface area contributed by atoms with E-state index in [1.54, 1.807) is 0 Å². The minimum atomic E-state index is 0.178. The van der Waals surface area contributed by atoms with Gasteiger partial charge in [-0.3, -0.25) is 0 Å². The van der Waals surface area contributed by atoms with Gasteiger partial charge in [-0.25, -0.2) is 0 Å². The summed E-state index contributed by atoms with van der Waals surface area (Å²) in [5, 5.41) is 0. The molecule has 1 aliphatic rings. The number of ether oxygens (including phenoxy) is 1. The Bertz CT molecular complexity index is 424. The summed E-state index contributed by atoms with van der Waals surface area (Å²) in [4.78, 5) is 2.44. The number of allylic oxidation sites excluding steroid dienone is 2. The molecule has 0 saturated carbocycles. The molecule has 1 aliphatic heterocycles. The predicted octanol–water partition coefficient (Wildman–Crippen LogP) is 5.62. The first-order valence-corrected chi connectivity index (χ1v) is 8.55. The van der Waals surface area contributed by atoms with Crippen LogP contribution in [0.5, 0.6) is 0 Å². The maximum absolute atomic E-state index is 5.68. The first-order chi connectivity index (χ1) is 9.62. The summed E-state index contributed by atoms with van der Waals surface area (Å²) in [6, 6.07) is 0. The van der Waals surface area contributed by atoms with Crippen LogP contribution in [0.1, 0.15) is 53.9 Å². The first kappa shape index (κ1) is 18.3. The fraction of sp³-hybridized carbons (Fsp3) is 0.667. The highest BCUT2D eigenvalue weighted by atomic mass is 79.9. The standard InChI is InChI=1S/C18H30BrNO/c1-13(2)21-15(4)12-14(3)17(16(5)19)20-10-8-18(6,7)9-11-20/h13H,4-5,8-12H2,1-3,6-7H3/b17-14-. The van der Waals surface area contributed by atoms with Crippen LogP contribution in [0.25, 0.3) is 0 Å². The molecule has 0 aromatic carbocycles. The number of hydrogen-bond acceptors (Lipinski definition) is 2. The molecule has 0 radical (unpaired) electrons. The Balaban J connectivity index is 2.83. The summed E-state index contributed by atoms with van der Waals surface area (Å²) < 4.78 is 6.63. The van der Waals surface area contributed by atoms with Crippen molar-refractivity contribution < 1.29 is 4.74 Å². The van der Waals surface area contributed by atoms with Crippen molar-refractivity contribution in [1.82, 2.24) is 4.90 Å². The Morgan fingerprint density at radius 3 is 2.19 bits per heavy atom. The van der Waals surface area contributed by atoms with E-state index in [2.05, 4.69) is 54.8 Å². The number of piperidine rings is 1. The van der Waals surface area contributed by atoms with Crippen LogP contribution in [0.2, 0.25) is 0 Å². The van der Waals surface area contributed by atoms with Gasteiger partial charge in [0.05, 0.1) is 11.9 Å². The van der Waals surface area contributed by atoms with E-state index >= 15 is 0 Å². The summed E-state index contributed by atoms with van der Waals surface area (Å²) in [7, 11) is 0. The minimum Gasteiger partial charge on any atom is -0.496 e. The van der Waals surface area contributed by atoms with Gasteiger partial charge in [0.15, 0.2) is 0 Å². The van der Waals surface area contributed by atoms with Gasteiger partial charge in [0, 0.05) is 29.7 Å². The van der Waals surface area contributed by atoms with Crippen LogP contribution >= 0.6 is 15.9 Å². The number of nitrogens with zero attached hydrogens (tertiary/aromatic N) is 1. The molecule has 1 saturated heterocycles. The molecular weight excluding hydrogens is 326 g/mol. The Kier molecular flexibility index (Phi) is 6.58. The van der Waals surface area contributed by atoms with E-state index < -0.39 is 0 Å². The zero-order valence-electron chi connectivity index (χ0n) is 14.3. The zero-order chi connectivity index (χ0) is 16.2. The molecular formula is C18H30BrNO. The second-order valence-corrected chi connectivity index (χ2v) is 8.02. The average molecular weight is 356 g/mol. The molecule has 21 heavy (non-hydrogen) atoms. The lowest BCUT2D eigenvalue weighted by Crippen LogP contribution is -2.37. The highest BCUT2D eigenvalue weighted by Crippen LogP contribution is 2.35. The third-order valence-electron chi connectivity index (χ3n) is 3.96. The Morgan fingerprint density at radius 2 is 1.76 bits per heavy atom. The van der Waals surface area contributed by atoms with Crippen molar-refractivity contribution in [2.45, 2.75) is 60.0 Å². The number of halogens is 1. The lowest BCUT2D eigenvalue weighted by molar-refractivity contribution is 0.142. The van der Waals surface area contributed by atoms with E-state index in [1.807, 2.05) is 13.8 Å². The number of hydrogen-bond donors (Lipinski definition) is 0. The van der Waals surface area contributed by atoms with E-state index in [-0.39, 0.29) is 6.10 Å². The molecule has 1 rings (SSSR count). The monoisotopic (exact) mass is 355 g/mol. The van der Waals surface area contributed by atoms with Crippen LogP contribution in [0.3, 0.4) is 0 Å². The maximum Gasteiger partial charge on any atom is 0.0933 e. The topological polar surface area (TPSA) is 12.5 Å². The first-order valence-electron chi connectivity index (χ1n) is 7.76. The molecule has 0 aliphatic carbocycles. The highest BCUT2D eigenvalue weighted by molar-refractivity contribution is 9.11. The fourth-order valence-electron chi connectivity index (χ4n) is 2.76. The van der Waals surface area contributed by atoms with Crippen molar-refractivity contribution in [2.24, 2.45) is 5.41 Å². The third-order valence-corrected chi connectivity index (χ3v) is 4.33. The Morgan fingerprint density at radius 1 is 1.24 bits per heavy atom. The molecule has 120 valence electrons. The summed E-state index contributed by atoms with van der Waals surface area (Å²) >= 11 is 3.58. The molecule has 0 bridgehead atoms. The van der Waals surface area contributed by atoms with Crippen LogP contribution in [-0.2, 0) is 4.74 Å². The highest BCUT2D eigenvalue weighted by Gasteiger charge is 2.27. The van der Waals surface area contributed by atoms with E-state index in [0.717, 1.165) is 29.8 Å². The van der Waals surface area contributed by atoms with E-state index in [4.69, 9.17) is 4.74 Å². The summed E-state index contributed by atoms with van der Waals surface area (Å²) in [6.45, 7) is 21.2. The van der Waals surface area contributed by atoms with Gasteiger partial charge in [0.25, 0.3) is 0 Å². The van der Waals surface area contributed by atoms with Crippen molar-refractivity contribution in [2.75, 3.05) is 13.1 Å². The summed E-state index contributed by atoms with van der Waals surface area (Å²) in [6.07, 6.45) is 3.37. The molecule has 1 fully saturated rings. The van der Waals surface area contributed by atoms with Crippen LogP contribution in [0.15, 0.2) is 34.7 Å². The van der Waals surface area contributed by atoms with Gasteiger partial charge in [-0.05, 0) is 60.5 Å². The van der Waals surface area contributed by atoms with Crippen LogP contribution in [0.4, 0.5) is 0 Å². The summed E-state index contributed by atoms with van der Waals surface area (Å²) in [5.74, 6) is 0.825. The van der Waals surface area contributed by atoms with Crippen molar-refractivity contribution in [3.8, 4) is 0 Å². The van der Waals surface area contributed by atoms with Crippen molar-refractivity contribution >= 4 is 15.9 Å². The maximum atomic E-state index is 5.68. The number of rotatable bonds is 6. The van der Waals surface area contributed by atoms with Crippen molar-refractivity contribution in [3.05, 3.63) is 34.7 Å². The molecule has 3 heteroatoms. The molecule has 0 aromatic heterocycles. The van der Waals surface area contributed by atoms with Crippen LogP contribution in [0, 0.1) is 5.41 Å². The Labute approximate surface area is 139 Å². The lowest BCUT2D eigenvalue weighted by Gasteiger charge is -2.40. The second kappa shape index (κ2) is 7.53. The summed E-state index contributed by atoms with van der Waals surface area (Å²) in [5.41, 5.74) is 2.94. The van der Waals surface area contributed by atoms with Gasteiger partial charge in [0.1, 0.15) is 0 Å². The number of likely N-dealkylation sites (tertiary alicyclic amines) is 1. The molecule has 0 aromatic rings. The van der Waals surface area contributed by atoms with Gasteiger partial charge in [-0.1, -0.05) is 27.0 Å². The van der Waals surface area contributed by atoms with Gasteiger partial charge >= 0.3 is 0 Å². The largest absolute Gasteiger partial charge is 0.496 e. The normalized spacial score (nSPS) is 19.3. The molecule has 0 spiro atoms. The van der Waals surface area contributed by atoms with Gasteiger partial charge in [0.2, 0.25) is 0 Å².